The van der Waals surface area contributed by atoms with Gasteiger partial charge in [0.05, 0.1) is 6.26 Å². The van der Waals surface area contributed by atoms with Crippen LogP contribution in [0.25, 0.3) is 0 Å². The Kier molecular flexibility index (Phi) is 8.66. The first-order valence-electron chi connectivity index (χ1n) is 2.62. The summed E-state index contributed by atoms with van der Waals surface area (Å²) in [5.41, 5.74) is -0.404. The van der Waals surface area contributed by atoms with Gasteiger partial charge in [-0.15, -0.1) is 0 Å². The zero-order chi connectivity index (χ0) is 8.85. The van der Waals surface area contributed by atoms with E-state index in [9.17, 15) is 4.79 Å². The van der Waals surface area contributed by atoms with Crippen LogP contribution >= 0.6 is 9.69 Å². The molecule has 5 heteroatoms. The van der Waals surface area contributed by atoms with Crippen molar-refractivity contribution in [3.05, 3.63) is 35.7 Å². The van der Waals surface area contributed by atoms with Crippen molar-refractivity contribution >= 4 is 9.69 Å². The summed E-state index contributed by atoms with van der Waals surface area (Å²) in [6.07, 6.45) is 1.25. The molecule has 0 spiro atoms. The number of hydrogen-bond acceptors (Lipinski definition) is 3. The van der Waals surface area contributed by atoms with Crippen molar-refractivity contribution in [1.82, 2.24) is 0 Å². The Morgan fingerprint density at radius 2 is 2.08 bits per heavy atom. The summed E-state index contributed by atoms with van der Waals surface area (Å²) >= 11 is 1.82. The van der Waals surface area contributed by atoms with E-state index < -0.39 is 5.43 Å². The Morgan fingerprint density at radius 1 is 1.58 bits per heavy atom. The molecule has 0 radical (unpaired) electrons. The van der Waals surface area contributed by atoms with Gasteiger partial charge in [-0.1, -0.05) is 0 Å². The average molecular weight is 278 g/mol. The first kappa shape index (κ1) is 14.2. The van der Waals surface area contributed by atoms with Gasteiger partial charge in [0.25, 0.3) is 0 Å². The molecule has 0 aliphatic carbocycles. The normalized spacial score (nSPS) is 7.58. The van der Waals surface area contributed by atoms with Crippen LogP contribution in [0.1, 0.15) is 5.76 Å². The van der Waals surface area contributed by atoms with Crippen molar-refractivity contribution in [3.63, 3.8) is 0 Å². The predicted octanol–water partition coefficient (Wildman–Crippen LogP) is 1.79. The fraction of sp³-hybridized carbons (Fsp3) is 0.143. The van der Waals surface area contributed by atoms with E-state index in [4.69, 9.17) is 5.11 Å². The van der Waals surface area contributed by atoms with Crippen LogP contribution in [0.2, 0.25) is 0 Å². The molecule has 3 nitrogen and oxygen atoms in total. The second-order valence-electron chi connectivity index (χ2n) is 1.69. The SMILES string of the molecule is Cc1occc(=O)c1O.[CH3-].[Cl][Ru+]. The van der Waals surface area contributed by atoms with Crippen molar-refractivity contribution < 1.29 is 26.8 Å². The maximum absolute atomic E-state index is 10.5. The Morgan fingerprint density at radius 3 is 2.42 bits per heavy atom. The van der Waals surface area contributed by atoms with Crippen molar-refractivity contribution in [2.24, 2.45) is 0 Å². The second kappa shape index (κ2) is 7.32. The molecule has 0 aliphatic rings. The molecule has 0 unspecified atom stereocenters. The molecule has 0 fully saturated rings. The van der Waals surface area contributed by atoms with Crippen LogP contribution in [0.15, 0.2) is 21.5 Å². The molecule has 0 aromatic carbocycles. The molecule has 1 rings (SSSR count). The summed E-state index contributed by atoms with van der Waals surface area (Å²) in [6, 6.07) is 1.17. The van der Waals surface area contributed by atoms with E-state index in [1.54, 1.807) is 0 Å². The average Bonchev–Trinajstić information content (AvgIpc) is 2.04. The standard InChI is InChI=1S/C6H6O3.CH3.ClH.Ru/c1-4-6(8)5(7)2-3-9-4;;;/h2-3,8H,1H3;1H3;1H;/q;-1;;+2/p-1. The first-order chi connectivity index (χ1) is 5.22. The van der Waals surface area contributed by atoms with Crippen molar-refractivity contribution in [2.75, 3.05) is 0 Å². The Labute approximate surface area is 85.1 Å². The van der Waals surface area contributed by atoms with Crippen LogP contribution < -0.4 is 5.43 Å². The van der Waals surface area contributed by atoms with E-state index >= 15 is 0 Å². The molecule has 0 aliphatic heterocycles. The number of aryl methyl sites for hydroxylation is 1. The topological polar surface area (TPSA) is 50.4 Å². The van der Waals surface area contributed by atoms with Crippen LogP contribution in [0.3, 0.4) is 0 Å². The van der Waals surface area contributed by atoms with E-state index in [1.807, 2.05) is 17.3 Å². The van der Waals surface area contributed by atoms with Crippen LogP contribution in [0.5, 0.6) is 5.75 Å². The van der Waals surface area contributed by atoms with Gasteiger partial charge in [-0.3, -0.25) is 4.79 Å². The molecule has 0 saturated heterocycles. The van der Waals surface area contributed by atoms with Crippen molar-refractivity contribution in [2.45, 2.75) is 6.92 Å². The van der Waals surface area contributed by atoms with Gasteiger partial charge in [0.1, 0.15) is 5.76 Å². The third-order valence-corrected chi connectivity index (χ3v) is 1.03. The van der Waals surface area contributed by atoms with E-state index in [2.05, 4.69) is 14.1 Å². The van der Waals surface area contributed by atoms with Crippen LogP contribution in [-0.4, -0.2) is 5.11 Å². The van der Waals surface area contributed by atoms with Gasteiger partial charge in [-0.05, 0) is 6.92 Å². The van der Waals surface area contributed by atoms with Gasteiger partial charge in [-0.2, -0.15) is 0 Å². The van der Waals surface area contributed by atoms with Crippen molar-refractivity contribution in [3.8, 4) is 5.75 Å². The maximum atomic E-state index is 10.5. The molecule has 0 atom stereocenters. The molecule has 0 amide bonds. The number of aromatic hydroxyl groups is 1. The number of halogens is 1. The predicted molar refractivity (Wildman–Crippen MR) is 43.6 cm³/mol. The van der Waals surface area contributed by atoms with E-state index in [1.165, 1.54) is 19.3 Å². The molecule has 0 saturated carbocycles. The summed E-state index contributed by atoms with van der Waals surface area (Å²) in [5.74, 6) is -0.0556. The van der Waals surface area contributed by atoms with Gasteiger partial charge in [0.2, 0.25) is 11.2 Å². The van der Waals surface area contributed by atoms with Gasteiger partial charge >= 0.3 is 27.0 Å². The van der Waals surface area contributed by atoms with Gasteiger partial charge < -0.3 is 17.0 Å². The third kappa shape index (κ3) is 3.88. The van der Waals surface area contributed by atoms with E-state index in [-0.39, 0.29) is 18.9 Å². The molecule has 1 heterocycles. The molecule has 1 N–H and O–H groups in total. The summed E-state index contributed by atoms with van der Waals surface area (Å²) in [6.45, 7) is 1.52. The molecule has 1 aromatic heterocycles. The summed E-state index contributed by atoms with van der Waals surface area (Å²) < 4.78 is 4.69. The Hall–Kier alpha value is -0.337. The molecule has 12 heavy (non-hydrogen) atoms. The van der Waals surface area contributed by atoms with E-state index in [0.717, 1.165) is 0 Å². The van der Waals surface area contributed by atoms with Crippen LogP contribution in [0.4, 0.5) is 0 Å². The quantitative estimate of drug-likeness (QED) is 0.581. The monoisotopic (exact) mass is 278 g/mol. The summed E-state index contributed by atoms with van der Waals surface area (Å²) in [5, 5.41) is 8.80. The molecule has 0 bridgehead atoms. The second-order valence-corrected chi connectivity index (χ2v) is 1.69. The number of hydrogen-bond donors (Lipinski definition) is 1. The van der Waals surface area contributed by atoms with Gasteiger partial charge in [-0.25, -0.2) is 0 Å². The molecule has 70 valence electrons. The molecule has 1 aromatic rings. The zero-order valence-corrected chi connectivity index (χ0v) is 9.14. The minimum absolute atomic E-state index is 0. The first-order valence-corrected chi connectivity index (χ1v) is 4.86. The van der Waals surface area contributed by atoms with E-state index in [0.29, 0.717) is 0 Å². The van der Waals surface area contributed by atoms with Gasteiger partial charge in [0, 0.05) is 6.07 Å². The fourth-order valence-electron chi connectivity index (χ4n) is 0.506. The van der Waals surface area contributed by atoms with Crippen LogP contribution in [0, 0.1) is 14.4 Å². The molecular weight excluding hydrogens is 269 g/mol. The van der Waals surface area contributed by atoms with Crippen molar-refractivity contribution in [1.29, 1.82) is 0 Å². The fourth-order valence-corrected chi connectivity index (χ4v) is 0.506. The summed E-state index contributed by atoms with van der Waals surface area (Å²) in [4.78, 5) is 10.5. The van der Waals surface area contributed by atoms with Gasteiger partial charge in [0.15, 0.2) is 0 Å². The zero-order valence-electron chi connectivity index (χ0n) is 6.65. The summed E-state index contributed by atoms with van der Waals surface area (Å²) in [7, 11) is 4.57. The molecular formula is C7H9ClO3Ru. The van der Waals surface area contributed by atoms with Crippen LogP contribution in [-0.2, 0) is 17.3 Å². The minimum atomic E-state index is -0.404. The third-order valence-electron chi connectivity index (χ3n) is 1.03. The Bertz CT molecular complexity index is 272. The number of rotatable bonds is 0. The Balaban J connectivity index is 0.